The van der Waals surface area contributed by atoms with Gasteiger partial charge < -0.3 is 9.47 Å². The van der Waals surface area contributed by atoms with Crippen molar-refractivity contribution in [2.45, 2.75) is 0 Å². The van der Waals surface area contributed by atoms with Gasteiger partial charge in [0.2, 0.25) is 0 Å². The first kappa shape index (κ1) is 23.5. The van der Waals surface area contributed by atoms with Crippen LogP contribution >= 0.6 is 0 Å². The summed E-state index contributed by atoms with van der Waals surface area (Å²) in [4.78, 5) is 6.01. The van der Waals surface area contributed by atoms with Crippen LogP contribution in [0.3, 0.4) is 0 Å². The highest BCUT2D eigenvalue weighted by molar-refractivity contribution is 6.10. The molecule has 0 amide bonds. The fraction of sp³-hybridized carbons (Fsp3) is 0. The van der Waals surface area contributed by atoms with Gasteiger partial charge in [-0.15, -0.1) is 0 Å². The Hall–Kier alpha value is -5.59. The van der Waals surface area contributed by atoms with Crippen molar-refractivity contribution in [1.29, 1.82) is 0 Å². The number of benzene rings is 6. The molecule has 0 unspecified atom stereocenters. The summed E-state index contributed by atoms with van der Waals surface area (Å²) in [5, 5.41) is 2.41. The average Bonchev–Trinajstić information content (AvgIpc) is 3.36. The molecule has 3 heteroatoms. The van der Waals surface area contributed by atoms with E-state index in [2.05, 4.69) is 142 Å². The van der Waals surface area contributed by atoms with E-state index in [1.54, 1.807) is 0 Å². The van der Waals surface area contributed by atoms with Crippen molar-refractivity contribution in [1.82, 2.24) is 4.57 Å². The molecule has 40 heavy (non-hydrogen) atoms. The van der Waals surface area contributed by atoms with E-state index in [9.17, 15) is 0 Å². The largest absolute Gasteiger partial charge is 0.310 e. The number of hydrogen-bond acceptors (Lipinski definition) is 1. The number of fused-ring (bicyclic) bond motifs is 3. The first-order valence-electron chi connectivity index (χ1n) is 13.3. The molecule has 0 aliphatic heterocycles. The Balaban J connectivity index is 1.39. The summed E-state index contributed by atoms with van der Waals surface area (Å²) < 4.78 is 2.33. The number of rotatable bonds is 5. The highest BCUT2D eigenvalue weighted by Gasteiger charge is 2.17. The summed E-state index contributed by atoms with van der Waals surface area (Å²) in [6, 6.07) is 52.6. The SMILES string of the molecule is [C-]#[N+]c1ccccc1-c1ccc(-n2c3ccccc3c3cc(N(c4ccccc4)c4ccccc4)ccc32)cc1. The van der Waals surface area contributed by atoms with Gasteiger partial charge in [0.15, 0.2) is 5.69 Å². The van der Waals surface area contributed by atoms with Crippen LogP contribution in [0, 0.1) is 6.57 Å². The van der Waals surface area contributed by atoms with Gasteiger partial charge in [-0.1, -0.05) is 91.0 Å². The smallest absolute Gasteiger partial charge is 0.194 e. The van der Waals surface area contributed by atoms with Crippen molar-refractivity contribution in [2.75, 3.05) is 4.90 Å². The monoisotopic (exact) mass is 511 g/mol. The van der Waals surface area contributed by atoms with Gasteiger partial charge in [0.25, 0.3) is 0 Å². The molecule has 0 saturated heterocycles. The molecule has 0 aliphatic carbocycles. The molecule has 7 rings (SSSR count). The molecule has 0 aliphatic rings. The van der Waals surface area contributed by atoms with Gasteiger partial charge in [0.05, 0.1) is 17.6 Å². The summed E-state index contributed by atoms with van der Waals surface area (Å²) in [5.74, 6) is 0. The first-order valence-corrected chi connectivity index (χ1v) is 13.3. The zero-order valence-corrected chi connectivity index (χ0v) is 21.8. The van der Waals surface area contributed by atoms with Crippen molar-refractivity contribution in [2.24, 2.45) is 0 Å². The normalized spacial score (nSPS) is 11.0. The molecule has 0 bridgehead atoms. The van der Waals surface area contributed by atoms with Crippen LogP contribution in [0.2, 0.25) is 0 Å². The van der Waals surface area contributed by atoms with Crippen molar-refractivity contribution < 1.29 is 0 Å². The maximum atomic E-state index is 7.55. The fourth-order valence-corrected chi connectivity index (χ4v) is 5.58. The van der Waals surface area contributed by atoms with Crippen molar-refractivity contribution >= 4 is 44.6 Å². The zero-order chi connectivity index (χ0) is 26.9. The Morgan fingerprint density at radius 1 is 0.500 bits per heavy atom. The topological polar surface area (TPSA) is 12.5 Å². The van der Waals surface area contributed by atoms with E-state index < -0.39 is 0 Å². The van der Waals surface area contributed by atoms with Gasteiger partial charge in [-0.05, 0) is 71.8 Å². The molecule has 0 atom stereocenters. The molecule has 0 radical (unpaired) electrons. The van der Waals surface area contributed by atoms with Crippen LogP contribution in [0.4, 0.5) is 22.7 Å². The van der Waals surface area contributed by atoms with Crippen molar-refractivity contribution in [3.05, 3.63) is 163 Å². The van der Waals surface area contributed by atoms with Gasteiger partial charge >= 0.3 is 0 Å². The zero-order valence-electron chi connectivity index (χ0n) is 21.8. The van der Waals surface area contributed by atoms with Crippen molar-refractivity contribution in [3.8, 4) is 16.8 Å². The van der Waals surface area contributed by atoms with E-state index in [0.29, 0.717) is 5.69 Å². The van der Waals surface area contributed by atoms with Crippen LogP contribution in [-0.4, -0.2) is 4.57 Å². The summed E-state index contributed by atoms with van der Waals surface area (Å²) in [6.07, 6.45) is 0. The Morgan fingerprint density at radius 2 is 1.10 bits per heavy atom. The lowest BCUT2D eigenvalue weighted by atomic mass is 10.0. The lowest BCUT2D eigenvalue weighted by Gasteiger charge is -2.25. The Bertz CT molecular complexity index is 1960. The van der Waals surface area contributed by atoms with E-state index in [1.165, 1.54) is 10.8 Å². The van der Waals surface area contributed by atoms with E-state index >= 15 is 0 Å². The molecule has 1 aromatic heterocycles. The second-order valence-electron chi connectivity index (χ2n) is 9.74. The standard InChI is InChI=1S/C37H25N3/c1-38-35-18-10-8-16-32(35)27-20-22-30(23-21-27)40-36-19-11-9-17-33(36)34-26-31(24-25-37(34)40)39(28-12-4-2-5-13-28)29-14-6-3-7-15-29/h2-26H. The predicted molar refractivity (Wildman–Crippen MR) is 167 cm³/mol. The molecular weight excluding hydrogens is 486 g/mol. The molecular formula is C37H25N3. The van der Waals surface area contributed by atoms with E-state index in [1.807, 2.05) is 24.3 Å². The molecule has 6 aromatic carbocycles. The van der Waals surface area contributed by atoms with Crippen LogP contribution in [-0.2, 0) is 0 Å². The molecule has 188 valence electrons. The third-order valence-corrected chi connectivity index (χ3v) is 7.40. The predicted octanol–water partition coefficient (Wildman–Crippen LogP) is 10.5. The van der Waals surface area contributed by atoms with E-state index in [-0.39, 0.29) is 0 Å². The van der Waals surface area contributed by atoms with Crippen LogP contribution in [0.1, 0.15) is 0 Å². The Labute approximate surface area is 233 Å². The number of aromatic nitrogens is 1. The summed E-state index contributed by atoms with van der Waals surface area (Å²) >= 11 is 0. The maximum Gasteiger partial charge on any atom is 0.194 e. The minimum Gasteiger partial charge on any atom is -0.310 e. The third-order valence-electron chi connectivity index (χ3n) is 7.40. The highest BCUT2D eigenvalue weighted by atomic mass is 15.1. The molecule has 0 spiro atoms. The van der Waals surface area contributed by atoms with E-state index in [0.717, 1.165) is 44.9 Å². The second-order valence-corrected chi connectivity index (χ2v) is 9.74. The fourth-order valence-electron chi connectivity index (χ4n) is 5.58. The van der Waals surface area contributed by atoms with Gasteiger partial charge in [-0.3, -0.25) is 0 Å². The molecule has 0 saturated carbocycles. The van der Waals surface area contributed by atoms with Crippen LogP contribution < -0.4 is 4.90 Å². The Morgan fingerprint density at radius 3 is 1.80 bits per heavy atom. The quantitative estimate of drug-likeness (QED) is 0.209. The maximum absolute atomic E-state index is 7.55. The Kier molecular flexibility index (Phi) is 5.85. The number of para-hydroxylation sites is 4. The van der Waals surface area contributed by atoms with Gasteiger partial charge in [0, 0.05) is 33.5 Å². The van der Waals surface area contributed by atoms with Gasteiger partial charge in [-0.2, -0.15) is 0 Å². The van der Waals surface area contributed by atoms with Gasteiger partial charge in [0.1, 0.15) is 0 Å². The third kappa shape index (κ3) is 4.00. The number of hydrogen-bond donors (Lipinski definition) is 0. The number of nitrogens with zero attached hydrogens (tertiary/aromatic N) is 3. The number of anilines is 3. The first-order chi connectivity index (χ1) is 19.8. The lowest BCUT2D eigenvalue weighted by Crippen LogP contribution is -2.09. The minimum atomic E-state index is 0.668. The summed E-state index contributed by atoms with van der Waals surface area (Å²) in [6.45, 7) is 7.55. The molecule has 3 nitrogen and oxygen atoms in total. The molecule has 0 N–H and O–H groups in total. The van der Waals surface area contributed by atoms with Crippen LogP contribution in [0.5, 0.6) is 0 Å². The molecule has 1 heterocycles. The lowest BCUT2D eigenvalue weighted by molar-refractivity contribution is 1.18. The second kappa shape index (κ2) is 9.94. The minimum absolute atomic E-state index is 0.668. The van der Waals surface area contributed by atoms with Gasteiger partial charge in [-0.25, -0.2) is 4.85 Å². The van der Waals surface area contributed by atoms with Crippen LogP contribution in [0.15, 0.2) is 152 Å². The van der Waals surface area contributed by atoms with Crippen molar-refractivity contribution in [3.63, 3.8) is 0 Å². The highest BCUT2D eigenvalue weighted by Crippen LogP contribution is 2.40. The van der Waals surface area contributed by atoms with E-state index in [4.69, 9.17) is 6.57 Å². The summed E-state index contributed by atoms with van der Waals surface area (Å²) in [7, 11) is 0. The van der Waals surface area contributed by atoms with Crippen LogP contribution in [0.25, 0.3) is 43.5 Å². The molecule has 0 fully saturated rings. The summed E-state index contributed by atoms with van der Waals surface area (Å²) in [5.41, 5.74) is 9.41. The molecule has 7 aromatic rings. The average molecular weight is 512 g/mol.